The summed E-state index contributed by atoms with van der Waals surface area (Å²) in [5, 5.41) is 11.8. The highest BCUT2D eigenvalue weighted by molar-refractivity contribution is 5.41. The minimum atomic E-state index is 0.364. The molecule has 6 nitrogen and oxygen atoms in total. The molecule has 24 heavy (non-hydrogen) atoms. The van der Waals surface area contributed by atoms with Gasteiger partial charge in [-0.2, -0.15) is 5.10 Å². The Morgan fingerprint density at radius 1 is 1.17 bits per heavy atom. The molecule has 0 atom stereocenters. The summed E-state index contributed by atoms with van der Waals surface area (Å²) in [6.45, 7) is 5.45. The molecular weight excluding hydrogens is 304 g/mol. The topological polar surface area (TPSA) is 59.5 Å². The molecule has 128 valence electrons. The summed E-state index contributed by atoms with van der Waals surface area (Å²) in [5.41, 5.74) is 3.25. The van der Waals surface area contributed by atoms with Crippen molar-refractivity contribution >= 4 is 5.82 Å². The van der Waals surface area contributed by atoms with Crippen molar-refractivity contribution in [2.75, 3.05) is 32.6 Å². The van der Waals surface area contributed by atoms with Crippen molar-refractivity contribution in [2.45, 2.75) is 26.1 Å². The normalized spacial score (nSPS) is 15.1. The van der Waals surface area contributed by atoms with E-state index in [9.17, 15) is 0 Å². The van der Waals surface area contributed by atoms with E-state index in [0.717, 1.165) is 42.5 Å². The van der Waals surface area contributed by atoms with Gasteiger partial charge in [-0.15, -0.1) is 5.10 Å². The molecule has 0 aliphatic carbocycles. The molecule has 1 aromatic heterocycles. The lowest BCUT2D eigenvalue weighted by Gasteiger charge is -2.37. The maximum Gasteiger partial charge on any atom is 0.148 e. The van der Waals surface area contributed by atoms with Gasteiger partial charge in [-0.1, -0.05) is 12.1 Å². The van der Waals surface area contributed by atoms with Crippen LogP contribution in [0.4, 0.5) is 5.82 Å². The Morgan fingerprint density at radius 3 is 2.67 bits per heavy atom. The summed E-state index contributed by atoms with van der Waals surface area (Å²) in [5.74, 6) is 1.65. The molecule has 1 aliphatic heterocycles. The zero-order valence-electron chi connectivity index (χ0n) is 14.5. The molecule has 2 aromatic rings. The first-order valence-corrected chi connectivity index (χ1v) is 8.13. The third-order valence-electron chi connectivity index (χ3n) is 4.26. The van der Waals surface area contributed by atoms with Crippen molar-refractivity contribution < 1.29 is 9.47 Å². The number of nitrogens with zero attached hydrogens (tertiary/aromatic N) is 3. The van der Waals surface area contributed by atoms with Crippen molar-refractivity contribution in [3.63, 3.8) is 0 Å². The summed E-state index contributed by atoms with van der Waals surface area (Å²) in [4.78, 5) is 2.29. The van der Waals surface area contributed by atoms with Crippen molar-refractivity contribution in [3.8, 4) is 5.75 Å². The molecule has 1 saturated heterocycles. The van der Waals surface area contributed by atoms with Gasteiger partial charge in [0.25, 0.3) is 0 Å². The molecule has 0 bridgehead atoms. The van der Waals surface area contributed by atoms with Crippen molar-refractivity contribution in [1.29, 1.82) is 0 Å². The second-order valence-electron chi connectivity index (χ2n) is 6.13. The second kappa shape index (κ2) is 7.59. The number of methoxy groups -OCH3 is 2. The number of hydrogen-bond donors (Lipinski definition) is 1. The average Bonchev–Trinajstić information content (AvgIpc) is 2.57. The van der Waals surface area contributed by atoms with Gasteiger partial charge in [0.1, 0.15) is 11.6 Å². The van der Waals surface area contributed by atoms with E-state index in [4.69, 9.17) is 9.47 Å². The molecule has 2 heterocycles. The molecule has 6 heteroatoms. The molecule has 0 saturated carbocycles. The van der Waals surface area contributed by atoms with Gasteiger partial charge in [0, 0.05) is 38.9 Å². The van der Waals surface area contributed by atoms with E-state index in [2.05, 4.69) is 39.5 Å². The van der Waals surface area contributed by atoms with E-state index >= 15 is 0 Å². The predicted molar refractivity (Wildman–Crippen MR) is 93.2 cm³/mol. The van der Waals surface area contributed by atoms with Gasteiger partial charge in [-0.05, 0) is 30.7 Å². The fourth-order valence-corrected chi connectivity index (χ4v) is 2.75. The molecule has 0 spiro atoms. The molecule has 3 rings (SSSR count). The molecule has 1 N–H and O–H groups in total. The summed E-state index contributed by atoms with van der Waals surface area (Å²) < 4.78 is 10.7. The Kier molecular flexibility index (Phi) is 5.27. The highest BCUT2D eigenvalue weighted by Gasteiger charge is 2.26. The Balaban J connectivity index is 1.53. The van der Waals surface area contributed by atoms with Crippen LogP contribution in [-0.2, 0) is 17.8 Å². The first-order chi connectivity index (χ1) is 11.7. The number of likely N-dealkylation sites (tertiary alicyclic amines) is 1. The number of ether oxygens (including phenoxy) is 2. The largest absolute Gasteiger partial charge is 0.496 e. The Bertz CT molecular complexity index is 669. The minimum Gasteiger partial charge on any atom is -0.496 e. The van der Waals surface area contributed by atoms with Gasteiger partial charge in [0.2, 0.25) is 0 Å². The predicted octanol–water partition coefficient (Wildman–Crippen LogP) is 2.24. The van der Waals surface area contributed by atoms with Gasteiger partial charge in [-0.25, -0.2) is 0 Å². The lowest BCUT2D eigenvalue weighted by molar-refractivity contribution is -0.0340. The van der Waals surface area contributed by atoms with E-state index in [1.165, 1.54) is 5.56 Å². The summed E-state index contributed by atoms with van der Waals surface area (Å²) >= 11 is 0. The zero-order valence-corrected chi connectivity index (χ0v) is 14.5. The first kappa shape index (κ1) is 16.7. The number of aryl methyl sites for hydroxylation is 1. The van der Waals surface area contributed by atoms with Crippen LogP contribution in [0, 0.1) is 6.92 Å². The van der Waals surface area contributed by atoms with Crippen LogP contribution in [0.3, 0.4) is 0 Å². The average molecular weight is 328 g/mol. The number of hydrogen-bond acceptors (Lipinski definition) is 6. The van der Waals surface area contributed by atoms with Crippen LogP contribution in [0.2, 0.25) is 0 Å². The van der Waals surface area contributed by atoms with E-state index in [0.29, 0.717) is 12.6 Å². The van der Waals surface area contributed by atoms with Gasteiger partial charge in [-0.3, -0.25) is 4.90 Å². The fourth-order valence-electron chi connectivity index (χ4n) is 2.75. The zero-order chi connectivity index (χ0) is 16.9. The summed E-state index contributed by atoms with van der Waals surface area (Å²) in [6, 6.07) is 10.2. The smallest absolute Gasteiger partial charge is 0.148 e. The number of rotatable bonds is 7. The van der Waals surface area contributed by atoms with Gasteiger partial charge in [0.05, 0.1) is 18.9 Å². The Labute approximate surface area is 142 Å². The van der Waals surface area contributed by atoms with Gasteiger partial charge < -0.3 is 14.8 Å². The molecule has 1 fully saturated rings. The second-order valence-corrected chi connectivity index (χ2v) is 6.13. The SMILES string of the molecule is COc1cc(C)ccc1CNc1ccc(CN2CC(OC)C2)nn1. The standard InChI is InChI=1S/C18H24N4O2/c1-13-4-5-14(17(8-13)24-3)9-19-18-7-6-15(20-21-18)10-22-11-16(12-22)23-2/h4-8,16H,9-12H2,1-3H3,(H,19,21). The van der Waals surface area contributed by atoms with Crippen LogP contribution in [0.25, 0.3) is 0 Å². The van der Waals surface area contributed by atoms with Crippen molar-refractivity contribution in [1.82, 2.24) is 15.1 Å². The van der Waals surface area contributed by atoms with Crippen molar-refractivity contribution in [2.24, 2.45) is 0 Å². The number of nitrogens with one attached hydrogen (secondary N) is 1. The van der Waals surface area contributed by atoms with Crippen LogP contribution in [0.5, 0.6) is 5.75 Å². The lowest BCUT2D eigenvalue weighted by atomic mass is 10.1. The van der Waals surface area contributed by atoms with E-state index in [1.807, 2.05) is 18.2 Å². The molecule has 0 amide bonds. The van der Waals surface area contributed by atoms with Crippen molar-refractivity contribution in [3.05, 3.63) is 47.2 Å². The maximum atomic E-state index is 5.42. The lowest BCUT2D eigenvalue weighted by Crippen LogP contribution is -2.51. The van der Waals surface area contributed by atoms with E-state index < -0.39 is 0 Å². The quantitative estimate of drug-likeness (QED) is 0.841. The monoisotopic (exact) mass is 328 g/mol. The van der Waals surface area contributed by atoms with E-state index in [-0.39, 0.29) is 0 Å². The third-order valence-corrected chi connectivity index (χ3v) is 4.26. The Hall–Kier alpha value is -2.18. The molecular formula is C18H24N4O2. The Morgan fingerprint density at radius 2 is 2.00 bits per heavy atom. The van der Waals surface area contributed by atoms with Gasteiger partial charge >= 0.3 is 0 Å². The number of benzene rings is 1. The van der Waals surface area contributed by atoms with Gasteiger partial charge in [0.15, 0.2) is 0 Å². The maximum absolute atomic E-state index is 5.42. The summed E-state index contributed by atoms with van der Waals surface area (Å²) in [7, 11) is 3.45. The van der Waals surface area contributed by atoms with E-state index in [1.54, 1.807) is 14.2 Å². The highest BCUT2D eigenvalue weighted by Crippen LogP contribution is 2.21. The fraction of sp³-hybridized carbons (Fsp3) is 0.444. The van der Waals surface area contributed by atoms with Crippen LogP contribution in [0.15, 0.2) is 30.3 Å². The van der Waals surface area contributed by atoms with Crippen LogP contribution < -0.4 is 10.1 Å². The molecule has 1 aromatic carbocycles. The third kappa shape index (κ3) is 4.01. The molecule has 0 radical (unpaired) electrons. The highest BCUT2D eigenvalue weighted by atomic mass is 16.5. The molecule has 1 aliphatic rings. The minimum absolute atomic E-state index is 0.364. The van der Waals surface area contributed by atoms with Crippen LogP contribution >= 0.6 is 0 Å². The molecule has 0 unspecified atom stereocenters. The van der Waals surface area contributed by atoms with Crippen LogP contribution in [0.1, 0.15) is 16.8 Å². The number of anilines is 1. The number of aromatic nitrogens is 2. The summed E-state index contributed by atoms with van der Waals surface area (Å²) in [6.07, 6.45) is 0.364. The first-order valence-electron chi connectivity index (χ1n) is 8.13. The van der Waals surface area contributed by atoms with Crippen LogP contribution in [-0.4, -0.2) is 48.5 Å².